The van der Waals surface area contributed by atoms with Gasteiger partial charge in [0.1, 0.15) is 12.4 Å². The highest BCUT2D eigenvalue weighted by Gasteiger charge is 2.07. The van der Waals surface area contributed by atoms with Crippen LogP contribution in [-0.2, 0) is 6.54 Å². The Hall–Kier alpha value is -1.46. The van der Waals surface area contributed by atoms with Crippen LogP contribution in [0, 0.1) is 0 Å². The van der Waals surface area contributed by atoms with Gasteiger partial charge in [0.2, 0.25) is 0 Å². The second kappa shape index (κ2) is 3.09. The molecule has 1 rings (SSSR count). The summed E-state index contributed by atoms with van der Waals surface area (Å²) in [5, 5.41) is 6.86. The zero-order valence-corrected chi connectivity index (χ0v) is 5.70. The van der Waals surface area contributed by atoms with Crippen LogP contribution >= 0.6 is 0 Å². The predicted molar refractivity (Wildman–Crippen MR) is 34.5 cm³/mol. The maximum Gasteiger partial charge on any atom is 0.268 e. The van der Waals surface area contributed by atoms with Gasteiger partial charge in [0.25, 0.3) is 5.91 Å². The first-order valence-corrected chi connectivity index (χ1v) is 3.00. The minimum absolute atomic E-state index is 0.0122. The summed E-state index contributed by atoms with van der Waals surface area (Å²) in [6.07, 6.45) is 1.21. The smallest absolute Gasteiger partial charge is 0.268 e. The first-order chi connectivity index (χ1) is 5.25. The summed E-state index contributed by atoms with van der Waals surface area (Å²) in [6.45, 7) is -0.581. The summed E-state index contributed by atoms with van der Waals surface area (Å²) in [5.41, 5.74) is 5.05. The van der Waals surface area contributed by atoms with Gasteiger partial charge in [-0.1, -0.05) is 5.21 Å². The molecule has 0 atom stereocenters. The van der Waals surface area contributed by atoms with Crippen molar-refractivity contribution < 1.29 is 9.18 Å². The van der Waals surface area contributed by atoms with Crippen LogP contribution < -0.4 is 5.73 Å². The summed E-state index contributed by atoms with van der Waals surface area (Å²) in [6, 6.07) is 0. The molecule has 60 valence electrons. The number of carbonyl (C=O) groups is 1. The molecule has 0 saturated heterocycles. The van der Waals surface area contributed by atoms with E-state index in [0.717, 1.165) is 4.68 Å². The lowest BCUT2D eigenvalue weighted by Crippen LogP contribution is -2.18. The van der Waals surface area contributed by atoms with Crippen LogP contribution in [0.1, 0.15) is 10.5 Å². The van der Waals surface area contributed by atoms with Gasteiger partial charge in [-0.05, 0) is 0 Å². The summed E-state index contributed by atoms with van der Waals surface area (Å²) in [5.74, 6) is -0.650. The third-order valence-electron chi connectivity index (χ3n) is 1.17. The summed E-state index contributed by atoms with van der Waals surface area (Å²) in [7, 11) is 0. The van der Waals surface area contributed by atoms with E-state index in [-0.39, 0.29) is 12.2 Å². The van der Waals surface area contributed by atoms with Crippen LogP contribution in [0.2, 0.25) is 0 Å². The summed E-state index contributed by atoms with van der Waals surface area (Å²) in [4.78, 5) is 10.6. The van der Waals surface area contributed by atoms with Crippen molar-refractivity contribution >= 4 is 5.91 Å². The van der Waals surface area contributed by atoms with E-state index >= 15 is 0 Å². The summed E-state index contributed by atoms with van der Waals surface area (Å²) >= 11 is 0. The van der Waals surface area contributed by atoms with Gasteiger partial charge in [0.05, 0.1) is 12.7 Å². The lowest BCUT2D eigenvalue weighted by atomic mass is 10.4. The van der Waals surface area contributed by atoms with Crippen LogP contribution in [0.15, 0.2) is 6.20 Å². The van der Waals surface area contributed by atoms with Crippen LogP contribution in [0.5, 0.6) is 0 Å². The molecule has 1 aromatic rings. The molecule has 2 N–H and O–H groups in total. The van der Waals surface area contributed by atoms with Gasteiger partial charge in [-0.3, -0.25) is 4.79 Å². The Kier molecular flexibility index (Phi) is 2.15. The van der Waals surface area contributed by atoms with E-state index < -0.39 is 12.6 Å². The van der Waals surface area contributed by atoms with E-state index in [0.29, 0.717) is 0 Å². The Morgan fingerprint density at radius 2 is 2.55 bits per heavy atom. The van der Waals surface area contributed by atoms with Crippen molar-refractivity contribution in [3.05, 3.63) is 11.9 Å². The standard InChI is InChI=1S/C5H7FN4O/c6-1-2-10-4(5(7)11)3-8-9-10/h3H,1-2H2,(H2,7,11). The highest BCUT2D eigenvalue weighted by Crippen LogP contribution is 1.93. The van der Waals surface area contributed by atoms with Crippen LogP contribution in [0.3, 0.4) is 0 Å². The van der Waals surface area contributed by atoms with Crippen molar-refractivity contribution in [1.29, 1.82) is 0 Å². The first-order valence-electron chi connectivity index (χ1n) is 3.00. The molecule has 0 aliphatic rings. The Balaban J connectivity index is 2.87. The fraction of sp³-hybridized carbons (Fsp3) is 0.400. The number of alkyl halides is 1. The van der Waals surface area contributed by atoms with Crippen molar-refractivity contribution in [2.45, 2.75) is 6.54 Å². The van der Waals surface area contributed by atoms with Crippen LogP contribution in [-0.4, -0.2) is 27.6 Å². The van der Waals surface area contributed by atoms with Gasteiger partial charge in [0, 0.05) is 0 Å². The van der Waals surface area contributed by atoms with Crippen LogP contribution in [0.4, 0.5) is 4.39 Å². The number of hydrogen-bond donors (Lipinski definition) is 1. The Morgan fingerprint density at radius 3 is 3.09 bits per heavy atom. The second-order valence-corrected chi connectivity index (χ2v) is 1.90. The lowest BCUT2D eigenvalue weighted by molar-refractivity contribution is 0.0989. The van der Waals surface area contributed by atoms with Crippen molar-refractivity contribution in [1.82, 2.24) is 15.0 Å². The molecule has 0 aliphatic carbocycles. The molecule has 1 aromatic heterocycles. The number of nitrogens with two attached hydrogens (primary N) is 1. The van der Waals surface area contributed by atoms with E-state index in [1.54, 1.807) is 0 Å². The average Bonchev–Trinajstić information content (AvgIpc) is 2.36. The molecule has 5 nitrogen and oxygen atoms in total. The minimum Gasteiger partial charge on any atom is -0.364 e. The molecule has 1 amide bonds. The molecular formula is C5H7FN4O. The molecule has 0 unspecified atom stereocenters. The SMILES string of the molecule is NC(=O)c1cnnn1CCF. The van der Waals surface area contributed by atoms with E-state index in [1.807, 2.05) is 0 Å². The van der Waals surface area contributed by atoms with Crippen molar-refractivity contribution in [2.75, 3.05) is 6.67 Å². The molecule has 0 fully saturated rings. The normalized spacial score (nSPS) is 9.91. The maximum atomic E-state index is 11.8. The number of aromatic nitrogens is 3. The monoisotopic (exact) mass is 158 g/mol. The molecule has 0 aliphatic heterocycles. The molecule has 0 aromatic carbocycles. The number of rotatable bonds is 3. The number of carbonyl (C=O) groups excluding carboxylic acids is 1. The predicted octanol–water partition coefficient (Wildman–Crippen LogP) is -0.654. The lowest BCUT2D eigenvalue weighted by Gasteiger charge is -1.97. The first kappa shape index (κ1) is 7.64. The quantitative estimate of drug-likeness (QED) is 0.635. The summed E-state index contributed by atoms with van der Waals surface area (Å²) < 4.78 is 12.9. The third kappa shape index (κ3) is 1.51. The van der Waals surface area contributed by atoms with Crippen molar-refractivity contribution in [3.63, 3.8) is 0 Å². The third-order valence-corrected chi connectivity index (χ3v) is 1.17. The molecule has 6 heteroatoms. The zero-order valence-electron chi connectivity index (χ0n) is 5.70. The van der Waals surface area contributed by atoms with E-state index in [9.17, 15) is 9.18 Å². The minimum atomic E-state index is -0.650. The average molecular weight is 158 g/mol. The highest BCUT2D eigenvalue weighted by atomic mass is 19.1. The molecule has 0 bridgehead atoms. The highest BCUT2D eigenvalue weighted by molar-refractivity contribution is 5.90. The Labute approximate surface area is 62.0 Å². The maximum absolute atomic E-state index is 11.8. The topological polar surface area (TPSA) is 73.8 Å². The van der Waals surface area contributed by atoms with Gasteiger partial charge in [0.15, 0.2) is 0 Å². The second-order valence-electron chi connectivity index (χ2n) is 1.90. The van der Waals surface area contributed by atoms with Gasteiger partial charge < -0.3 is 5.73 Å². The Morgan fingerprint density at radius 1 is 1.82 bits per heavy atom. The Bertz CT molecular complexity index is 259. The molecule has 0 radical (unpaired) electrons. The number of amides is 1. The molecule has 0 saturated carbocycles. The zero-order chi connectivity index (χ0) is 8.27. The number of hydrogen-bond acceptors (Lipinski definition) is 3. The number of aryl methyl sites for hydroxylation is 1. The van der Waals surface area contributed by atoms with Crippen molar-refractivity contribution in [2.24, 2.45) is 5.73 Å². The van der Waals surface area contributed by atoms with Crippen LogP contribution in [0.25, 0.3) is 0 Å². The van der Waals surface area contributed by atoms with Gasteiger partial charge in [-0.2, -0.15) is 0 Å². The van der Waals surface area contributed by atoms with E-state index in [4.69, 9.17) is 5.73 Å². The number of nitrogens with zero attached hydrogens (tertiary/aromatic N) is 3. The van der Waals surface area contributed by atoms with E-state index in [2.05, 4.69) is 10.3 Å². The molecule has 1 heterocycles. The number of primary amides is 1. The fourth-order valence-electron chi connectivity index (χ4n) is 0.694. The van der Waals surface area contributed by atoms with Gasteiger partial charge in [-0.25, -0.2) is 9.07 Å². The molecular weight excluding hydrogens is 151 g/mol. The molecule has 0 spiro atoms. The fourth-order valence-corrected chi connectivity index (χ4v) is 0.694. The van der Waals surface area contributed by atoms with E-state index in [1.165, 1.54) is 6.20 Å². The van der Waals surface area contributed by atoms with Gasteiger partial charge >= 0.3 is 0 Å². The van der Waals surface area contributed by atoms with Gasteiger partial charge in [-0.15, -0.1) is 5.10 Å². The number of halogens is 1. The molecule has 11 heavy (non-hydrogen) atoms. The van der Waals surface area contributed by atoms with Crippen molar-refractivity contribution in [3.8, 4) is 0 Å². The largest absolute Gasteiger partial charge is 0.364 e.